The van der Waals surface area contributed by atoms with E-state index in [-0.39, 0.29) is 12.1 Å². The number of aliphatic hydroxyl groups is 1. The zero-order chi connectivity index (χ0) is 19.9. The minimum atomic E-state index is -4.87. The molecular formula is C17H14F3N3O4. The minimum Gasteiger partial charge on any atom is -0.390 e. The number of carbonyl (C=O) groups excluding carboxylic acids is 2. The van der Waals surface area contributed by atoms with Crippen LogP contribution >= 0.6 is 0 Å². The monoisotopic (exact) mass is 381 g/mol. The Morgan fingerprint density at radius 3 is 2.56 bits per heavy atom. The van der Waals surface area contributed by atoms with Gasteiger partial charge < -0.3 is 9.84 Å². The molecule has 0 unspecified atom stereocenters. The van der Waals surface area contributed by atoms with Crippen LogP contribution < -0.4 is 4.90 Å². The summed E-state index contributed by atoms with van der Waals surface area (Å²) in [5, 5.41) is 19.1. The van der Waals surface area contributed by atoms with Gasteiger partial charge in [0, 0.05) is 6.42 Å². The largest absolute Gasteiger partial charge is 0.419 e. The van der Waals surface area contributed by atoms with Crippen molar-refractivity contribution in [3.05, 3.63) is 23.5 Å². The van der Waals surface area contributed by atoms with Crippen LogP contribution in [0.4, 0.5) is 18.9 Å². The van der Waals surface area contributed by atoms with Crippen LogP contribution in [0.5, 0.6) is 0 Å². The number of carbonyl (C=O) groups is 2. The first kappa shape index (κ1) is 17.9. The molecule has 2 amide bonds. The Bertz CT molecular complexity index is 927. The first-order chi connectivity index (χ1) is 12.4. The quantitative estimate of drug-likeness (QED) is 0.738. The molecule has 4 rings (SSSR count). The summed E-state index contributed by atoms with van der Waals surface area (Å²) < 4.78 is 45.4. The number of nitrogens with zero attached hydrogens (tertiary/aromatic N) is 3. The highest BCUT2D eigenvalue weighted by Gasteiger charge is 2.75. The number of hydrogen-bond acceptors (Lipinski definition) is 6. The number of alkyl halides is 3. The zero-order valence-corrected chi connectivity index (χ0v) is 14.2. The summed E-state index contributed by atoms with van der Waals surface area (Å²) in [6.45, 7) is 3.14. The second-order valence-electron chi connectivity index (χ2n) is 7.48. The summed E-state index contributed by atoms with van der Waals surface area (Å²) in [4.78, 5) is 30.0. The maximum Gasteiger partial charge on any atom is 0.419 e. The maximum atomic E-state index is 13.2. The average molecular weight is 381 g/mol. The van der Waals surface area contributed by atoms with Crippen molar-refractivity contribution in [1.29, 1.82) is 5.26 Å². The second kappa shape index (κ2) is 5.05. The second-order valence-corrected chi connectivity index (χ2v) is 7.48. The van der Waals surface area contributed by atoms with Crippen molar-refractivity contribution >= 4 is 17.5 Å². The number of rotatable bonds is 1. The number of anilines is 1. The van der Waals surface area contributed by atoms with Gasteiger partial charge in [0.2, 0.25) is 11.8 Å². The average Bonchev–Trinajstić information content (AvgIpc) is 3.07. The summed E-state index contributed by atoms with van der Waals surface area (Å²) in [6.07, 6.45) is -4.79. The number of hydrogen-bond donors (Lipinski definition) is 1. The number of aliphatic hydroxyl groups excluding tert-OH is 1. The molecule has 1 aromatic rings. The number of amides is 2. The van der Waals surface area contributed by atoms with Crippen molar-refractivity contribution < 1.29 is 32.6 Å². The summed E-state index contributed by atoms with van der Waals surface area (Å²) in [7, 11) is 0. The third-order valence-corrected chi connectivity index (χ3v) is 5.84. The summed E-state index contributed by atoms with van der Waals surface area (Å²) >= 11 is 0. The fraction of sp³-hybridized carbons (Fsp3) is 0.529. The van der Waals surface area contributed by atoms with E-state index in [1.165, 1.54) is 13.0 Å². The molecule has 3 saturated heterocycles. The van der Waals surface area contributed by atoms with Gasteiger partial charge in [0.1, 0.15) is 11.7 Å². The minimum absolute atomic E-state index is 0.150. The Labute approximate surface area is 151 Å². The summed E-state index contributed by atoms with van der Waals surface area (Å²) in [5.74, 6) is -3.33. The van der Waals surface area contributed by atoms with Crippen molar-refractivity contribution in [3.63, 3.8) is 0 Å². The lowest BCUT2D eigenvalue weighted by atomic mass is 9.67. The van der Waals surface area contributed by atoms with Crippen LogP contribution in [0.15, 0.2) is 12.3 Å². The summed E-state index contributed by atoms with van der Waals surface area (Å²) in [5.41, 5.74) is -4.88. The van der Waals surface area contributed by atoms with E-state index < -0.39 is 58.4 Å². The Hall–Kier alpha value is -2.51. The number of ether oxygens (including phenoxy) is 1. The Morgan fingerprint density at radius 2 is 1.96 bits per heavy atom. The van der Waals surface area contributed by atoms with Crippen molar-refractivity contribution in [2.45, 2.75) is 43.8 Å². The molecule has 0 spiro atoms. The van der Waals surface area contributed by atoms with Crippen LogP contribution in [0.3, 0.4) is 0 Å². The highest BCUT2D eigenvalue weighted by atomic mass is 19.4. The van der Waals surface area contributed by atoms with E-state index in [0.717, 1.165) is 6.20 Å². The van der Waals surface area contributed by atoms with Gasteiger partial charge in [0.15, 0.2) is 5.69 Å². The number of fused-ring (bicyclic) bond motifs is 5. The third kappa shape index (κ3) is 2.12. The zero-order valence-electron chi connectivity index (χ0n) is 14.2. The van der Waals surface area contributed by atoms with Crippen LogP contribution in [0.25, 0.3) is 0 Å². The Balaban J connectivity index is 1.81. The van der Waals surface area contributed by atoms with Crippen molar-refractivity contribution in [1.82, 2.24) is 4.98 Å². The van der Waals surface area contributed by atoms with Gasteiger partial charge >= 0.3 is 6.18 Å². The number of imide groups is 1. The van der Waals surface area contributed by atoms with E-state index in [1.807, 2.05) is 0 Å². The van der Waals surface area contributed by atoms with Gasteiger partial charge in [-0.15, -0.1) is 0 Å². The van der Waals surface area contributed by atoms with E-state index in [9.17, 15) is 27.9 Å². The smallest absolute Gasteiger partial charge is 0.390 e. The molecule has 1 N–H and O–H groups in total. The molecule has 0 aliphatic carbocycles. The standard InChI is InChI=1S/C17H14F3N3O4/c1-15-4-10(24)16(2,27-15)12-11(15)13(25)23(14(12)26)7-3-8(17(18,19)20)9(5-21)22-6-7/h3,6,10-12,24H,4H2,1-2H3/t10-,11-,12+,15-,16+/m1/s1. The topological polar surface area (TPSA) is 104 Å². The SMILES string of the molecule is C[C@]12O[C@](C)(C[C@H]1O)[C@H]1C(=O)N(c3cnc(C#N)c(C(F)(F)F)c3)C(=O)[C@H]12. The summed E-state index contributed by atoms with van der Waals surface area (Å²) in [6, 6.07) is 1.93. The lowest BCUT2D eigenvalue weighted by Gasteiger charge is -2.31. The molecule has 3 aliphatic rings. The van der Waals surface area contributed by atoms with Gasteiger partial charge in [-0.2, -0.15) is 18.4 Å². The fourth-order valence-electron chi connectivity index (χ4n) is 4.66. The Morgan fingerprint density at radius 1 is 1.33 bits per heavy atom. The highest BCUT2D eigenvalue weighted by Crippen LogP contribution is 2.61. The van der Waals surface area contributed by atoms with Crippen LogP contribution in [-0.2, 0) is 20.5 Å². The molecule has 0 radical (unpaired) electrons. The molecule has 3 fully saturated rings. The molecule has 7 nitrogen and oxygen atoms in total. The number of nitriles is 1. The lowest BCUT2D eigenvalue weighted by molar-refractivity contribution is -0.138. The molecule has 142 valence electrons. The lowest BCUT2D eigenvalue weighted by Crippen LogP contribution is -2.49. The molecule has 4 heterocycles. The van der Waals surface area contributed by atoms with Crippen molar-refractivity contribution in [3.8, 4) is 6.07 Å². The number of pyridine rings is 1. The predicted molar refractivity (Wildman–Crippen MR) is 81.9 cm³/mol. The van der Waals surface area contributed by atoms with Gasteiger partial charge in [-0.3, -0.25) is 9.59 Å². The molecule has 0 aromatic carbocycles. The van der Waals surface area contributed by atoms with E-state index in [0.29, 0.717) is 11.0 Å². The molecular weight excluding hydrogens is 367 g/mol. The third-order valence-electron chi connectivity index (χ3n) is 5.84. The molecule has 10 heteroatoms. The normalized spacial score (nSPS) is 37.7. The van der Waals surface area contributed by atoms with Crippen LogP contribution in [0.1, 0.15) is 31.5 Å². The van der Waals surface area contributed by atoms with E-state index in [2.05, 4.69) is 4.98 Å². The van der Waals surface area contributed by atoms with Crippen LogP contribution in [-0.4, -0.2) is 39.2 Å². The van der Waals surface area contributed by atoms with Crippen molar-refractivity contribution in [2.24, 2.45) is 11.8 Å². The first-order valence-corrected chi connectivity index (χ1v) is 8.17. The number of halogens is 3. The van der Waals surface area contributed by atoms with Gasteiger partial charge in [0.05, 0.1) is 41.0 Å². The molecule has 27 heavy (non-hydrogen) atoms. The van der Waals surface area contributed by atoms with Crippen LogP contribution in [0, 0.1) is 23.2 Å². The van der Waals surface area contributed by atoms with E-state index >= 15 is 0 Å². The van der Waals surface area contributed by atoms with Gasteiger partial charge in [-0.25, -0.2) is 9.88 Å². The highest BCUT2D eigenvalue weighted by molar-refractivity contribution is 6.23. The molecule has 0 saturated carbocycles. The van der Waals surface area contributed by atoms with E-state index in [4.69, 9.17) is 10.00 Å². The van der Waals surface area contributed by atoms with Gasteiger partial charge in [-0.1, -0.05) is 0 Å². The van der Waals surface area contributed by atoms with E-state index in [1.54, 1.807) is 6.92 Å². The van der Waals surface area contributed by atoms with Crippen LogP contribution in [0.2, 0.25) is 0 Å². The predicted octanol–water partition coefficient (Wildman–Crippen LogP) is 1.39. The molecule has 5 atom stereocenters. The molecule has 2 bridgehead atoms. The fourth-order valence-corrected chi connectivity index (χ4v) is 4.66. The number of aromatic nitrogens is 1. The van der Waals surface area contributed by atoms with Gasteiger partial charge in [-0.05, 0) is 19.9 Å². The van der Waals surface area contributed by atoms with Crippen molar-refractivity contribution in [2.75, 3.05) is 4.90 Å². The van der Waals surface area contributed by atoms with Gasteiger partial charge in [0.25, 0.3) is 0 Å². The maximum absolute atomic E-state index is 13.2. The Kier molecular flexibility index (Phi) is 3.35. The first-order valence-electron chi connectivity index (χ1n) is 8.17. The molecule has 1 aromatic heterocycles. The molecule has 3 aliphatic heterocycles.